The Kier molecular flexibility index (Phi) is 5.41. The van der Waals surface area contributed by atoms with Crippen molar-refractivity contribution >= 4 is 17.2 Å². The van der Waals surface area contributed by atoms with E-state index in [2.05, 4.69) is 38.9 Å². The fourth-order valence-corrected chi connectivity index (χ4v) is 3.44. The van der Waals surface area contributed by atoms with Gasteiger partial charge < -0.3 is 5.32 Å². The van der Waals surface area contributed by atoms with E-state index < -0.39 is 0 Å². The molecule has 118 valence electrons. The molecule has 4 nitrogen and oxygen atoms in total. The second-order valence-corrected chi connectivity index (χ2v) is 7.62. The van der Waals surface area contributed by atoms with Gasteiger partial charge in [0.05, 0.1) is 6.54 Å². The summed E-state index contributed by atoms with van der Waals surface area (Å²) < 4.78 is 0. The summed E-state index contributed by atoms with van der Waals surface area (Å²) in [5.74, 6) is 0.127. The number of carbonyl (C=O) groups is 1. The highest BCUT2D eigenvalue weighted by Gasteiger charge is 2.24. The predicted octanol–water partition coefficient (Wildman–Crippen LogP) is 2.34. The number of hydrogen-bond acceptors (Lipinski definition) is 4. The largest absolute Gasteiger partial charge is 0.350 e. The number of nitrogens with zero attached hydrogens (tertiary/aromatic N) is 2. The lowest BCUT2D eigenvalue weighted by atomic mass is 10.1. The molecule has 0 bridgehead atoms. The average molecular weight is 309 g/mol. The first-order chi connectivity index (χ1) is 9.85. The van der Waals surface area contributed by atoms with Gasteiger partial charge in [-0.25, -0.2) is 0 Å². The second kappa shape index (κ2) is 6.90. The van der Waals surface area contributed by atoms with Crippen LogP contribution in [0.5, 0.6) is 0 Å². The summed E-state index contributed by atoms with van der Waals surface area (Å²) in [4.78, 5) is 16.7. The topological polar surface area (TPSA) is 35.6 Å². The molecule has 0 spiro atoms. The highest BCUT2D eigenvalue weighted by molar-refractivity contribution is 7.07. The normalized spacial score (nSPS) is 19.4. The minimum Gasteiger partial charge on any atom is -0.350 e. The van der Waals surface area contributed by atoms with Crippen molar-refractivity contribution in [2.75, 3.05) is 32.7 Å². The number of rotatable bonds is 4. The van der Waals surface area contributed by atoms with Gasteiger partial charge in [-0.3, -0.25) is 14.6 Å². The number of piperazine rings is 1. The molecule has 0 aliphatic carbocycles. The molecule has 0 saturated carbocycles. The van der Waals surface area contributed by atoms with Crippen molar-refractivity contribution in [1.29, 1.82) is 0 Å². The molecule has 1 saturated heterocycles. The molecule has 0 aromatic carbocycles. The SMILES string of the molecule is C[C@H](c1ccsc1)N1CCN(CC(=O)NC(C)(C)C)CC1. The zero-order valence-corrected chi connectivity index (χ0v) is 14.4. The lowest BCUT2D eigenvalue weighted by molar-refractivity contribution is -0.124. The van der Waals surface area contributed by atoms with E-state index in [1.807, 2.05) is 20.8 Å². The van der Waals surface area contributed by atoms with Crippen LogP contribution in [0, 0.1) is 0 Å². The molecule has 2 heterocycles. The molecule has 1 atom stereocenters. The van der Waals surface area contributed by atoms with Gasteiger partial charge in [-0.15, -0.1) is 0 Å². The van der Waals surface area contributed by atoms with Gasteiger partial charge in [0.2, 0.25) is 5.91 Å². The molecule has 0 unspecified atom stereocenters. The van der Waals surface area contributed by atoms with Gasteiger partial charge in [-0.05, 0) is 50.1 Å². The first-order valence-corrected chi connectivity index (χ1v) is 8.59. The highest BCUT2D eigenvalue weighted by atomic mass is 32.1. The van der Waals surface area contributed by atoms with Gasteiger partial charge in [0.25, 0.3) is 0 Å². The Morgan fingerprint density at radius 2 is 2.00 bits per heavy atom. The zero-order valence-electron chi connectivity index (χ0n) is 13.6. The highest BCUT2D eigenvalue weighted by Crippen LogP contribution is 2.23. The summed E-state index contributed by atoms with van der Waals surface area (Å²) in [5, 5.41) is 7.40. The minimum absolute atomic E-state index is 0.127. The summed E-state index contributed by atoms with van der Waals surface area (Å²) in [6, 6.07) is 2.68. The Hall–Kier alpha value is -0.910. The maximum Gasteiger partial charge on any atom is 0.234 e. The van der Waals surface area contributed by atoms with Crippen LogP contribution in [0.25, 0.3) is 0 Å². The Morgan fingerprint density at radius 1 is 1.33 bits per heavy atom. The molecule has 1 fully saturated rings. The van der Waals surface area contributed by atoms with Crippen LogP contribution < -0.4 is 5.32 Å². The van der Waals surface area contributed by atoms with Gasteiger partial charge in [0.15, 0.2) is 0 Å². The van der Waals surface area contributed by atoms with E-state index >= 15 is 0 Å². The summed E-state index contributed by atoms with van der Waals surface area (Å²) in [6.07, 6.45) is 0. The molecular formula is C16H27N3OS. The van der Waals surface area contributed by atoms with Gasteiger partial charge in [0.1, 0.15) is 0 Å². The smallest absolute Gasteiger partial charge is 0.234 e. The van der Waals surface area contributed by atoms with Crippen molar-refractivity contribution in [3.8, 4) is 0 Å². The van der Waals surface area contributed by atoms with Gasteiger partial charge in [-0.2, -0.15) is 11.3 Å². The number of nitrogens with one attached hydrogen (secondary N) is 1. The maximum atomic E-state index is 12.0. The summed E-state index contributed by atoms with van der Waals surface area (Å²) in [5.41, 5.74) is 1.26. The van der Waals surface area contributed by atoms with Crippen molar-refractivity contribution in [3.63, 3.8) is 0 Å². The van der Waals surface area contributed by atoms with E-state index in [9.17, 15) is 4.79 Å². The van der Waals surface area contributed by atoms with E-state index in [-0.39, 0.29) is 11.4 Å². The molecule has 0 radical (unpaired) electrons. The first-order valence-electron chi connectivity index (χ1n) is 7.65. The molecule has 1 aliphatic heterocycles. The van der Waals surface area contributed by atoms with Crippen molar-refractivity contribution in [3.05, 3.63) is 22.4 Å². The predicted molar refractivity (Wildman–Crippen MR) is 88.6 cm³/mol. The quantitative estimate of drug-likeness (QED) is 0.927. The van der Waals surface area contributed by atoms with Crippen LogP contribution in [0.1, 0.15) is 39.3 Å². The monoisotopic (exact) mass is 309 g/mol. The number of thiophene rings is 1. The molecule has 1 aliphatic rings. The fourth-order valence-electron chi connectivity index (χ4n) is 2.69. The van der Waals surface area contributed by atoms with Crippen molar-refractivity contribution in [2.45, 2.75) is 39.3 Å². The Bertz CT molecular complexity index is 445. The number of hydrogen-bond donors (Lipinski definition) is 1. The third kappa shape index (κ3) is 5.09. The summed E-state index contributed by atoms with van der Waals surface area (Å²) >= 11 is 1.76. The van der Waals surface area contributed by atoms with E-state index in [4.69, 9.17) is 0 Å². The fraction of sp³-hybridized carbons (Fsp3) is 0.688. The molecule has 1 amide bonds. The van der Waals surface area contributed by atoms with Crippen LogP contribution in [-0.4, -0.2) is 54.0 Å². The third-order valence-electron chi connectivity index (χ3n) is 3.86. The van der Waals surface area contributed by atoms with Gasteiger partial charge in [0, 0.05) is 37.8 Å². The third-order valence-corrected chi connectivity index (χ3v) is 4.56. The second-order valence-electron chi connectivity index (χ2n) is 6.84. The molecule has 21 heavy (non-hydrogen) atoms. The van der Waals surface area contributed by atoms with Crippen LogP contribution in [0.15, 0.2) is 16.8 Å². The van der Waals surface area contributed by atoms with Crippen LogP contribution >= 0.6 is 11.3 Å². The van der Waals surface area contributed by atoms with Crippen molar-refractivity contribution in [1.82, 2.24) is 15.1 Å². The Labute approximate surface area is 132 Å². The van der Waals surface area contributed by atoms with Gasteiger partial charge in [-0.1, -0.05) is 0 Å². The molecule has 1 N–H and O–H groups in total. The maximum absolute atomic E-state index is 12.0. The first kappa shape index (κ1) is 16.5. The van der Waals surface area contributed by atoms with Crippen LogP contribution in [-0.2, 0) is 4.79 Å². The van der Waals surface area contributed by atoms with E-state index in [1.165, 1.54) is 5.56 Å². The zero-order chi connectivity index (χ0) is 15.5. The van der Waals surface area contributed by atoms with Crippen LogP contribution in [0.4, 0.5) is 0 Å². The lowest BCUT2D eigenvalue weighted by Gasteiger charge is -2.38. The lowest BCUT2D eigenvalue weighted by Crippen LogP contribution is -2.52. The average Bonchev–Trinajstić information content (AvgIpc) is 2.90. The van der Waals surface area contributed by atoms with Crippen molar-refractivity contribution in [2.24, 2.45) is 0 Å². The number of carbonyl (C=O) groups excluding carboxylic acids is 1. The molecular weight excluding hydrogens is 282 g/mol. The molecule has 2 rings (SSSR count). The minimum atomic E-state index is -0.146. The molecule has 5 heteroatoms. The molecule has 1 aromatic rings. The Morgan fingerprint density at radius 3 is 2.52 bits per heavy atom. The van der Waals surface area contributed by atoms with E-state index in [0.29, 0.717) is 12.6 Å². The summed E-state index contributed by atoms with van der Waals surface area (Å²) in [7, 11) is 0. The molecule has 1 aromatic heterocycles. The van der Waals surface area contributed by atoms with E-state index in [1.54, 1.807) is 11.3 Å². The van der Waals surface area contributed by atoms with Crippen LogP contribution in [0.2, 0.25) is 0 Å². The van der Waals surface area contributed by atoms with Crippen LogP contribution in [0.3, 0.4) is 0 Å². The Balaban J connectivity index is 1.77. The van der Waals surface area contributed by atoms with Gasteiger partial charge >= 0.3 is 0 Å². The summed E-state index contributed by atoms with van der Waals surface area (Å²) in [6.45, 7) is 12.8. The standard InChI is InChI=1S/C16H27N3OS/c1-13(14-5-10-21-12-14)19-8-6-18(7-9-19)11-15(20)17-16(2,3)4/h5,10,12-13H,6-9,11H2,1-4H3,(H,17,20)/t13-/m1/s1. The van der Waals surface area contributed by atoms with Crippen molar-refractivity contribution < 1.29 is 4.79 Å². The van der Waals surface area contributed by atoms with E-state index in [0.717, 1.165) is 26.2 Å². The number of amides is 1.